The molecule has 1 aromatic heterocycles. The summed E-state index contributed by atoms with van der Waals surface area (Å²) in [7, 11) is 0. The fraction of sp³-hybridized carbons (Fsp3) is 0.636. The second-order valence-corrected chi connectivity index (χ2v) is 5.28. The third-order valence-corrected chi connectivity index (χ3v) is 3.65. The van der Waals surface area contributed by atoms with E-state index in [0.717, 1.165) is 17.8 Å². The predicted molar refractivity (Wildman–Crippen MR) is 66.7 cm³/mol. The van der Waals surface area contributed by atoms with Gasteiger partial charge < -0.3 is 5.32 Å². The lowest BCUT2D eigenvalue weighted by atomic mass is 10.0. The molecule has 0 aliphatic rings. The first-order valence-corrected chi connectivity index (χ1v) is 6.32. The van der Waals surface area contributed by atoms with Crippen molar-refractivity contribution in [2.45, 2.75) is 39.8 Å². The smallest absolute Gasteiger partial charge is 0.309 e. The first-order chi connectivity index (χ1) is 7.54. The Kier molecular flexibility index (Phi) is 4.89. The van der Waals surface area contributed by atoms with E-state index in [0.29, 0.717) is 12.0 Å². The van der Waals surface area contributed by atoms with Crippen molar-refractivity contribution < 1.29 is 4.92 Å². The van der Waals surface area contributed by atoms with Gasteiger partial charge in [0.1, 0.15) is 0 Å². The highest BCUT2D eigenvalue weighted by Gasteiger charge is 2.13. The summed E-state index contributed by atoms with van der Waals surface area (Å²) in [6.07, 6.45) is 1.07. The SMILES string of the molecule is CCC(NCc1ccc([N+](=O)[O-])s1)C(C)C. The van der Waals surface area contributed by atoms with Crippen molar-refractivity contribution in [1.82, 2.24) is 5.32 Å². The molecule has 0 amide bonds. The zero-order chi connectivity index (χ0) is 12.1. The first-order valence-electron chi connectivity index (χ1n) is 5.51. The molecule has 90 valence electrons. The number of nitrogens with zero attached hydrogens (tertiary/aromatic N) is 1. The molecular weight excluding hydrogens is 224 g/mol. The quantitative estimate of drug-likeness (QED) is 0.615. The number of thiophene rings is 1. The van der Waals surface area contributed by atoms with Gasteiger partial charge in [-0.25, -0.2) is 0 Å². The van der Waals surface area contributed by atoms with Crippen LogP contribution in [0.5, 0.6) is 0 Å². The van der Waals surface area contributed by atoms with Crippen molar-refractivity contribution in [3.05, 3.63) is 27.1 Å². The van der Waals surface area contributed by atoms with E-state index in [4.69, 9.17) is 0 Å². The van der Waals surface area contributed by atoms with E-state index in [1.54, 1.807) is 6.07 Å². The molecule has 1 unspecified atom stereocenters. The topological polar surface area (TPSA) is 55.2 Å². The highest BCUT2D eigenvalue weighted by atomic mass is 32.1. The van der Waals surface area contributed by atoms with Crippen molar-refractivity contribution in [3.63, 3.8) is 0 Å². The van der Waals surface area contributed by atoms with Crippen LogP contribution in [-0.4, -0.2) is 11.0 Å². The average molecular weight is 242 g/mol. The summed E-state index contributed by atoms with van der Waals surface area (Å²) >= 11 is 1.24. The summed E-state index contributed by atoms with van der Waals surface area (Å²) < 4.78 is 0. The van der Waals surface area contributed by atoms with Crippen molar-refractivity contribution in [2.24, 2.45) is 5.92 Å². The van der Waals surface area contributed by atoms with E-state index in [-0.39, 0.29) is 9.92 Å². The molecule has 1 N–H and O–H groups in total. The molecular formula is C11H18N2O2S. The Hall–Kier alpha value is -0.940. The lowest BCUT2D eigenvalue weighted by Gasteiger charge is -2.20. The molecule has 0 bridgehead atoms. The van der Waals surface area contributed by atoms with Crippen LogP contribution in [0.25, 0.3) is 0 Å². The fourth-order valence-electron chi connectivity index (χ4n) is 1.64. The number of hydrogen-bond acceptors (Lipinski definition) is 4. The van der Waals surface area contributed by atoms with E-state index in [1.165, 1.54) is 11.3 Å². The molecule has 0 spiro atoms. The molecule has 1 atom stereocenters. The molecule has 16 heavy (non-hydrogen) atoms. The second-order valence-electron chi connectivity index (χ2n) is 4.14. The van der Waals surface area contributed by atoms with Crippen LogP contribution in [0.1, 0.15) is 32.1 Å². The summed E-state index contributed by atoms with van der Waals surface area (Å²) in [5, 5.41) is 14.2. The Labute approximate surface area is 99.8 Å². The molecule has 1 aromatic rings. The van der Waals surface area contributed by atoms with E-state index < -0.39 is 0 Å². The van der Waals surface area contributed by atoms with Crippen LogP contribution in [0.15, 0.2) is 12.1 Å². The molecule has 4 nitrogen and oxygen atoms in total. The van der Waals surface area contributed by atoms with Crippen LogP contribution in [0.3, 0.4) is 0 Å². The van der Waals surface area contributed by atoms with Gasteiger partial charge in [0.25, 0.3) is 0 Å². The Morgan fingerprint density at radius 3 is 2.62 bits per heavy atom. The molecule has 0 saturated heterocycles. The maximum absolute atomic E-state index is 10.5. The van der Waals surface area contributed by atoms with E-state index >= 15 is 0 Å². The van der Waals surface area contributed by atoms with Crippen LogP contribution in [0, 0.1) is 16.0 Å². The minimum absolute atomic E-state index is 0.217. The van der Waals surface area contributed by atoms with Gasteiger partial charge in [0.05, 0.1) is 4.92 Å². The number of nitro groups is 1. The zero-order valence-corrected chi connectivity index (χ0v) is 10.7. The van der Waals surface area contributed by atoms with Crippen LogP contribution < -0.4 is 5.32 Å². The molecule has 0 aliphatic carbocycles. The standard InChI is InChI=1S/C11H18N2O2S/c1-4-10(8(2)3)12-7-9-5-6-11(16-9)13(14)15/h5-6,8,10,12H,4,7H2,1-3H3. The average Bonchev–Trinajstić information content (AvgIpc) is 2.67. The molecule has 0 radical (unpaired) electrons. The molecule has 0 aliphatic heterocycles. The van der Waals surface area contributed by atoms with Crippen molar-refractivity contribution >= 4 is 16.3 Å². The summed E-state index contributed by atoms with van der Waals surface area (Å²) in [5.41, 5.74) is 0. The predicted octanol–water partition coefficient (Wildman–Crippen LogP) is 3.18. The Morgan fingerprint density at radius 1 is 1.50 bits per heavy atom. The van der Waals surface area contributed by atoms with Gasteiger partial charge in [0, 0.05) is 23.5 Å². The largest absolute Gasteiger partial charge is 0.324 e. The highest BCUT2D eigenvalue weighted by molar-refractivity contribution is 7.15. The van der Waals surface area contributed by atoms with Crippen LogP contribution >= 0.6 is 11.3 Å². The van der Waals surface area contributed by atoms with Gasteiger partial charge in [-0.3, -0.25) is 10.1 Å². The molecule has 0 fully saturated rings. The molecule has 1 heterocycles. The van der Waals surface area contributed by atoms with E-state index in [9.17, 15) is 10.1 Å². The van der Waals surface area contributed by atoms with Crippen molar-refractivity contribution in [2.75, 3.05) is 0 Å². The van der Waals surface area contributed by atoms with Gasteiger partial charge in [-0.05, 0) is 18.4 Å². The summed E-state index contributed by atoms with van der Waals surface area (Å²) in [6, 6.07) is 3.86. The summed E-state index contributed by atoms with van der Waals surface area (Å²) in [4.78, 5) is 11.2. The van der Waals surface area contributed by atoms with Crippen molar-refractivity contribution in [1.29, 1.82) is 0 Å². The van der Waals surface area contributed by atoms with E-state index in [1.807, 2.05) is 6.07 Å². The number of nitrogens with one attached hydrogen (secondary N) is 1. The number of hydrogen-bond donors (Lipinski definition) is 1. The van der Waals surface area contributed by atoms with Gasteiger partial charge >= 0.3 is 5.00 Å². The monoisotopic (exact) mass is 242 g/mol. The Bertz CT molecular complexity index is 350. The van der Waals surface area contributed by atoms with Crippen LogP contribution in [0.4, 0.5) is 5.00 Å². The second kappa shape index (κ2) is 5.96. The highest BCUT2D eigenvalue weighted by Crippen LogP contribution is 2.24. The molecule has 0 saturated carbocycles. The fourth-order valence-corrected chi connectivity index (χ4v) is 2.41. The maximum atomic E-state index is 10.5. The summed E-state index contributed by atoms with van der Waals surface area (Å²) in [5.74, 6) is 0.583. The third kappa shape index (κ3) is 3.57. The lowest BCUT2D eigenvalue weighted by molar-refractivity contribution is -0.380. The molecule has 1 rings (SSSR count). The lowest BCUT2D eigenvalue weighted by Crippen LogP contribution is -2.32. The van der Waals surface area contributed by atoms with Gasteiger partial charge in [0.2, 0.25) is 0 Å². The minimum atomic E-state index is -0.339. The maximum Gasteiger partial charge on any atom is 0.324 e. The Balaban J connectivity index is 2.50. The molecule has 5 heteroatoms. The number of rotatable bonds is 6. The summed E-state index contributed by atoms with van der Waals surface area (Å²) in [6.45, 7) is 7.22. The van der Waals surface area contributed by atoms with Gasteiger partial charge in [-0.1, -0.05) is 32.1 Å². The van der Waals surface area contributed by atoms with Gasteiger partial charge in [-0.15, -0.1) is 0 Å². The van der Waals surface area contributed by atoms with E-state index in [2.05, 4.69) is 26.1 Å². The minimum Gasteiger partial charge on any atom is -0.309 e. The van der Waals surface area contributed by atoms with Crippen molar-refractivity contribution in [3.8, 4) is 0 Å². The van der Waals surface area contributed by atoms with Gasteiger partial charge in [-0.2, -0.15) is 0 Å². The van der Waals surface area contributed by atoms with Crippen LogP contribution in [-0.2, 0) is 6.54 Å². The van der Waals surface area contributed by atoms with Gasteiger partial charge in [0.15, 0.2) is 0 Å². The van der Waals surface area contributed by atoms with Crippen LogP contribution in [0.2, 0.25) is 0 Å². The zero-order valence-electron chi connectivity index (χ0n) is 9.90. The third-order valence-electron chi connectivity index (χ3n) is 2.61. The first kappa shape index (κ1) is 13.1. The normalized spacial score (nSPS) is 13.0. The molecule has 0 aromatic carbocycles. The Morgan fingerprint density at radius 2 is 2.19 bits per heavy atom.